The maximum absolute atomic E-state index is 11.3. The average molecular weight is 312 g/mol. The molecular weight excluding hydrogens is 292 g/mol. The second-order valence-electron chi connectivity index (χ2n) is 5.98. The lowest BCUT2D eigenvalue weighted by atomic mass is 9.98. The molecule has 120 valence electrons. The molecule has 2 aromatic rings. The van der Waals surface area contributed by atoms with Crippen molar-refractivity contribution >= 4 is 5.69 Å². The lowest BCUT2D eigenvalue weighted by molar-refractivity contribution is -0.385. The number of benzene rings is 2. The second kappa shape index (κ2) is 6.48. The van der Waals surface area contributed by atoms with E-state index < -0.39 is 0 Å². The summed E-state index contributed by atoms with van der Waals surface area (Å²) in [7, 11) is 0. The van der Waals surface area contributed by atoms with Crippen molar-refractivity contribution < 1.29 is 9.76 Å². The van der Waals surface area contributed by atoms with Gasteiger partial charge in [0.05, 0.1) is 4.92 Å². The summed E-state index contributed by atoms with van der Waals surface area (Å²) in [6, 6.07) is 13.3. The average Bonchev–Trinajstić information content (AvgIpc) is 3.33. The second-order valence-corrected chi connectivity index (χ2v) is 5.98. The van der Waals surface area contributed by atoms with Crippen LogP contribution in [0.1, 0.15) is 35.3 Å². The molecule has 0 amide bonds. The molecule has 0 aliphatic carbocycles. The van der Waals surface area contributed by atoms with Crippen LogP contribution in [0.25, 0.3) is 0 Å². The number of nitro benzene ring substituents is 1. The predicted octanol–water partition coefficient (Wildman–Crippen LogP) is 3.80. The first-order chi connectivity index (χ1) is 11.0. The number of nitro groups is 1. The normalized spacial score (nSPS) is 15.4. The first-order valence-electron chi connectivity index (χ1n) is 7.77. The third-order valence-corrected chi connectivity index (χ3v) is 4.00. The van der Waals surface area contributed by atoms with Gasteiger partial charge in [-0.1, -0.05) is 29.8 Å². The lowest BCUT2D eigenvalue weighted by Crippen LogP contribution is -2.07. The number of hydroxylamine groups is 2. The molecule has 1 unspecified atom stereocenters. The molecule has 0 saturated carbocycles. The van der Waals surface area contributed by atoms with Crippen LogP contribution in [-0.4, -0.2) is 23.1 Å². The van der Waals surface area contributed by atoms with E-state index in [1.165, 1.54) is 5.56 Å². The topological polar surface area (TPSA) is 55.4 Å². The van der Waals surface area contributed by atoms with E-state index in [1.807, 2.05) is 49.2 Å². The molecule has 23 heavy (non-hydrogen) atoms. The zero-order valence-corrected chi connectivity index (χ0v) is 13.4. The fourth-order valence-corrected chi connectivity index (χ4v) is 2.53. The molecule has 5 heteroatoms. The van der Waals surface area contributed by atoms with E-state index >= 15 is 0 Å². The summed E-state index contributed by atoms with van der Waals surface area (Å²) in [5, 5.41) is 13.2. The van der Waals surface area contributed by atoms with E-state index in [2.05, 4.69) is 0 Å². The van der Waals surface area contributed by atoms with Crippen molar-refractivity contribution in [1.82, 2.24) is 5.06 Å². The Kier molecular flexibility index (Phi) is 4.41. The third-order valence-electron chi connectivity index (χ3n) is 4.00. The molecule has 0 spiro atoms. The Balaban J connectivity index is 1.87. The van der Waals surface area contributed by atoms with Gasteiger partial charge in [0, 0.05) is 31.1 Å². The van der Waals surface area contributed by atoms with Crippen molar-refractivity contribution in [3.05, 3.63) is 74.8 Å². The van der Waals surface area contributed by atoms with Crippen LogP contribution < -0.4 is 0 Å². The van der Waals surface area contributed by atoms with E-state index in [9.17, 15) is 10.1 Å². The Bertz CT molecular complexity index is 709. The van der Waals surface area contributed by atoms with E-state index in [4.69, 9.17) is 4.84 Å². The molecule has 3 rings (SSSR count). The molecule has 1 saturated heterocycles. The van der Waals surface area contributed by atoms with Crippen LogP contribution in [0.4, 0.5) is 5.69 Å². The Morgan fingerprint density at radius 2 is 1.91 bits per heavy atom. The van der Waals surface area contributed by atoms with Crippen molar-refractivity contribution in [3.8, 4) is 0 Å². The highest BCUT2D eigenvalue weighted by molar-refractivity contribution is 5.46. The molecule has 1 atom stereocenters. The highest BCUT2D eigenvalue weighted by atomic mass is 16.7. The van der Waals surface area contributed by atoms with Crippen LogP contribution in [0.5, 0.6) is 0 Å². The summed E-state index contributed by atoms with van der Waals surface area (Å²) in [5.74, 6) is 0. The van der Waals surface area contributed by atoms with Crippen molar-refractivity contribution in [3.63, 3.8) is 0 Å². The van der Waals surface area contributed by atoms with Crippen LogP contribution in [0, 0.1) is 17.0 Å². The Labute approximate surface area is 135 Å². The van der Waals surface area contributed by atoms with Crippen LogP contribution >= 0.6 is 0 Å². The van der Waals surface area contributed by atoms with Crippen LogP contribution in [-0.2, 0) is 11.3 Å². The van der Waals surface area contributed by atoms with E-state index in [1.54, 1.807) is 12.1 Å². The summed E-state index contributed by atoms with van der Waals surface area (Å²) < 4.78 is 0. The number of hydrogen-bond donors (Lipinski definition) is 0. The molecule has 2 aromatic carbocycles. The molecule has 1 fully saturated rings. The van der Waals surface area contributed by atoms with Crippen molar-refractivity contribution in [2.75, 3.05) is 13.1 Å². The molecule has 0 radical (unpaired) electrons. The summed E-state index contributed by atoms with van der Waals surface area (Å²) >= 11 is 0. The highest BCUT2D eigenvalue weighted by Gasteiger charge is 2.23. The van der Waals surface area contributed by atoms with Crippen molar-refractivity contribution in [2.24, 2.45) is 0 Å². The minimum Gasteiger partial charge on any atom is -0.291 e. The number of hydrogen-bond acceptors (Lipinski definition) is 4. The molecule has 1 heterocycles. The van der Waals surface area contributed by atoms with E-state index in [-0.39, 0.29) is 16.7 Å². The predicted molar refractivity (Wildman–Crippen MR) is 88.2 cm³/mol. The quantitative estimate of drug-likeness (QED) is 0.462. The largest absolute Gasteiger partial charge is 0.291 e. The summed E-state index contributed by atoms with van der Waals surface area (Å²) in [6.07, 6.45) is 0.441. The number of rotatable bonds is 6. The number of nitrogens with zero attached hydrogens (tertiary/aromatic N) is 2. The summed E-state index contributed by atoms with van der Waals surface area (Å²) in [6.45, 7) is 5.90. The van der Waals surface area contributed by atoms with Gasteiger partial charge in [0.2, 0.25) is 0 Å². The van der Waals surface area contributed by atoms with Gasteiger partial charge in [0.15, 0.2) is 0 Å². The molecule has 0 aromatic heterocycles. The van der Waals surface area contributed by atoms with Crippen LogP contribution in [0.2, 0.25) is 0 Å². The van der Waals surface area contributed by atoms with Gasteiger partial charge in [-0.2, -0.15) is 5.06 Å². The lowest BCUT2D eigenvalue weighted by Gasteiger charge is -2.14. The minimum absolute atomic E-state index is 0.102. The fraction of sp³-hybridized carbons (Fsp3) is 0.333. The number of aryl methyl sites for hydroxylation is 1. The Morgan fingerprint density at radius 3 is 2.52 bits per heavy atom. The maximum atomic E-state index is 11.3. The highest BCUT2D eigenvalue weighted by Crippen LogP contribution is 2.28. The monoisotopic (exact) mass is 312 g/mol. The van der Waals surface area contributed by atoms with Crippen molar-refractivity contribution in [2.45, 2.75) is 26.4 Å². The summed E-state index contributed by atoms with van der Waals surface area (Å²) in [5.41, 5.74) is 4.09. The maximum Gasteiger partial charge on any atom is 0.272 e. The zero-order chi connectivity index (χ0) is 16.4. The molecule has 0 bridgehead atoms. The van der Waals surface area contributed by atoms with Gasteiger partial charge in [0.25, 0.3) is 5.69 Å². The van der Waals surface area contributed by atoms with Crippen molar-refractivity contribution in [1.29, 1.82) is 0 Å². The van der Waals surface area contributed by atoms with Gasteiger partial charge in [-0.25, -0.2) is 0 Å². The van der Waals surface area contributed by atoms with Gasteiger partial charge in [-0.15, -0.1) is 0 Å². The first kappa shape index (κ1) is 15.6. The van der Waals surface area contributed by atoms with Gasteiger partial charge >= 0.3 is 0 Å². The first-order valence-corrected chi connectivity index (χ1v) is 7.77. The Hall–Kier alpha value is -2.24. The Morgan fingerprint density at radius 1 is 1.22 bits per heavy atom. The van der Waals surface area contributed by atoms with Crippen LogP contribution in [0.3, 0.4) is 0 Å². The van der Waals surface area contributed by atoms with Crippen LogP contribution in [0.15, 0.2) is 42.5 Å². The molecule has 0 N–H and O–H groups in total. The zero-order valence-electron chi connectivity index (χ0n) is 13.4. The van der Waals surface area contributed by atoms with Gasteiger partial charge in [0.1, 0.15) is 6.10 Å². The van der Waals surface area contributed by atoms with Gasteiger partial charge < -0.3 is 0 Å². The molecule has 1 aliphatic heterocycles. The third kappa shape index (κ3) is 3.94. The standard InChI is InChI=1S/C18H20N2O3/c1-13-3-5-15(6-4-13)11-17-12-16(7-8-18(17)20(21)22)14(2)23-19-9-10-19/h3-8,12,14H,9-11H2,1-2H3. The SMILES string of the molecule is Cc1ccc(Cc2cc(C(C)ON3CC3)ccc2[N+](=O)[O-])cc1. The molecular formula is C18H20N2O3. The van der Waals surface area contributed by atoms with Gasteiger partial charge in [-0.3, -0.25) is 15.0 Å². The fourth-order valence-electron chi connectivity index (χ4n) is 2.53. The van der Waals surface area contributed by atoms with Gasteiger partial charge in [-0.05, 0) is 37.1 Å². The smallest absolute Gasteiger partial charge is 0.272 e. The molecule has 5 nitrogen and oxygen atoms in total. The minimum atomic E-state index is -0.316. The van der Waals surface area contributed by atoms with E-state index in [0.29, 0.717) is 6.42 Å². The summed E-state index contributed by atoms with van der Waals surface area (Å²) in [4.78, 5) is 16.7. The van der Waals surface area contributed by atoms with E-state index in [0.717, 1.165) is 29.8 Å². The molecule has 1 aliphatic rings.